The number of hydrogen-bond acceptors (Lipinski definition) is 4. The highest BCUT2D eigenvalue weighted by atomic mass is 16.5. The van der Waals surface area contributed by atoms with Crippen molar-refractivity contribution in [1.29, 1.82) is 0 Å². The normalized spacial score (nSPS) is 30.1. The van der Waals surface area contributed by atoms with E-state index in [-0.39, 0.29) is 17.5 Å². The molecule has 0 aliphatic heterocycles. The average molecular weight is 419 g/mol. The van der Waals surface area contributed by atoms with Gasteiger partial charge in [0, 0.05) is 22.4 Å². The van der Waals surface area contributed by atoms with Crippen molar-refractivity contribution < 1.29 is 13.9 Å². The van der Waals surface area contributed by atoms with Crippen LogP contribution in [0.15, 0.2) is 40.8 Å². The van der Waals surface area contributed by atoms with Crippen LogP contribution in [-0.4, -0.2) is 24.6 Å². The number of fused-ring (bicyclic) bond motifs is 3. The van der Waals surface area contributed by atoms with Gasteiger partial charge < -0.3 is 19.8 Å². The fourth-order valence-electron chi connectivity index (χ4n) is 7.07. The molecule has 4 fully saturated rings. The number of carbonyl (C=O) groups is 1. The van der Waals surface area contributed by atoms with Crippen molar-refractivity contribution in [2.24, 2.45) is 17.8 Å². The molecule has 162 valence electrons. The summed E-state index contributed by atoms with van der Waals surface area (Å²) in [5, 5.41) is 8.90. The maximum Gasteiger partial charge on any atom is 0.241 e. The lowest BCUT2D eigenvalue weighted by Gasteiger charge is -2.57. The van der Waals surface area contributed by atoms with Gasteiger partial charge in [0.2, 0.25) is 5.91 Å². The molecule has 0 unspecified atom stereocenters. The minimum atomic E-state index is -0.257. The summed E-state index contributed by atoms with van der Waals surface area (Å²) in [4.78, 5) is 13.2. The van der Waals surface area contributed by atoms with E-state index in [2.05, 4.69) is 10.6 Å². The molecule has 0 saturated heterocycles. The second-order valence-electron chi connectivity index (χ2n) is 10.2. The third kappa shape index (κ3) is 3.21. The second kappa shape index (κ2) is 6.99. The molecule has 4 bridgehead atoms. The number of hydrogen-bond donors (Lipinski definition) is 2. The van der Waals surface area contributed by atoms with Crippen LogP contribution in [0, 0.1) is 17.8 Å². The van der Waals surface area contributed by atoms with Gasteiger partial charge in [-0.3, -0.25) is 4.79 Å². The Kier molecular flexibility index (Phi) is 4.32. The predicted molar refractivity (Wildman–Crippen MR) is 122 cm³/mol. The molecule has 5 heteroatoms. The van der Waals surface area contributed by atoms with Crippen LogP contribution in [0.4, 0.5) is 5.69 Å². The van der Waals surface area contributed by atoms with E-state index in [1.54, 1.807) is 7.11 Å². The van der Waals surface area contributed by atoms with Crippen LogP contribution in [0.5, 0.6) is 5.75 Å². The summed E-state index contributed by atoms with van der Waals surface area (Å²) in [6, 6.07) is 11.5. The lowest BCUT2D eigenvalue weighted by atomic mass is 9.53. The van der Waals surface area contributed by atoms with Gasteiger partial charge in [-0.25, -0.2) is 0 Å². The first-order valence-corrected chi connectivity index (χ1v) is 11.6. The average Bonchev–Trinajstić information content (AvgIpc) is 3.09. The van der Waals surface area contributed by atoms with Gasteiger partial charge in [-0.05, 0) is 75.3 Å². The largest absolute Gasteiger partial charge is 0.495 e. The van der Waals surface area contributed by atoms with Crippen LogP contribution in [0.3, 0.4) is 0 Å². The zero-order valence-corrected chi connectivity index (χ0v) is 18.2. The van der Waals surface area contributed by atoms with Gasteiger partial charge in [0.15, 0.2) is 0 Å². The van der Waals surface area contributed by atoms with Gasteiger partial charge in [-0.15, -0.1) is 0 Å². The van der Waals surface area contributed by atoms with Gasteiger partial charge in [0.25, 0.3) is 0 Å². The molecule has 4 aliphatic carbocycles. The molecule has 4 saturated carbocycles. The van der Waals surface area contributed by atoms with E-state index in [0.717, 1.165) is 39.7 Å². The highest BCUT2D eigenvalue weighted by molar-refractivity contribution is 6.08. The summed E-state index contributed by atoms with van der Waals surface area (Å²) in [5.41, 5.74) is 2.38. The number of carbonyl (C=O) groups excluding carboxylic acids is 1. The number of nitrogens with one attached hydrogen (secondary N) is 2. The lowest BCUT2D eigenvalue weighted by molar-refractivity contribution is -0.119. The van der Waals surface area contributed by atoms with Gasteiger partial charge >= 0.3 is 0 Å². The van der Waals surface area contributed by atoms with Crippen LogP contribution in [-0.2, 0) is 4.79 Å². The van der Waals surface area contributed by atoms with E-state index < -0.39 is 0 Å². The maximum absolute atomic E-state index is 13.2. The molecule has 3 aromatic rings. The molecule has 1 atom stereocenters. The van der Waals surface area contributed by atoms with Crippen LogP contribution >= 0.6 is 0 Å². The Morgan fingerprint density at radius 3 is 2.39 bits per heavy atom. The quantitative estimate of drug-likeness (QED) is 0.576. The number of furan rings is 1. The summed E-state index contributed by atoms with van der Waals surface area (Å²) < 4.78 is 11.6. The third-order valence-corrected chi connectivity index (χ3v) is 7.91. The fraction of sp³-hybridized carbons (Fsp3) is 0.500. The van der Waals surface area contributed by atoms with Crippen LogP contribution in [0.1, 0.15) is 45.4 Å². The van der Waals surface area contributed by atoms with Crippen molar-refractivity contribution in [3.63, 3.8) is 0 Å². The van der Waals surface area contributed by atoms with Crippen molar-refractivity contribution in [2.45, 2.75) is 57.0 Å². The van der Waals surface area contributed by atoms with E-state index in [0.29, 0.717) is 11.4 Å². The van der Waals surface area contributed by atoms with E-state index >= 15 is 0 Å². The summed E-state index contributed by atoms with van der Waals surface area (Å²) in [6.07, 6.45) is 7.88. The first kappa shape index (κ1) is 19.2. The van der Waals surface area contributed by atoms with Crippen LogP contribution in [0.25, 0.3) is 21.9 Å². The van der Waals surface area contributed by atoms with Crippen molar-refractivity contribution in [2.75, 3.05) is 12.4 Å². The lowest BCUT2D eigenvalue weighted by Crippen LogP contribution is -2.62. The van der Waals surface area contributed by atoms with Crippen molar-refractivity contribution >= 4 is 33.5 Å². The second-order valence-corrected chi connectivity index (χ2v) is 10.2. The molecular formula is C26H30N2O3. The fourth-order valence-corrected chi connectivity index (χ4v) is 7.07. The molecule has 7 rings (SSSR count). The molecule has 0 radical (unpaired) electrons. The molecule has 1 amide bonds. The number of methoxy groups -OCH3 is 1. The van der Waals surface area contributed by atoms with Gasteiger partial charge in [0.05, 0.1) is 18.8 Å². The number of anilines is 1. The minimum absolute atomic E-state index is 0.0236. The molecule has 5 nitrogen and oxygen atoms in total. The SMILES string of the molecule is COc1cc2c(cc1NC(=O)[C@@H](C)NC13CC4CC(CC(C4)C1)C3)oc1ccccc12. The number of benzene rings is 2. The Morgan fingerprint density at radius 2 is 1.71 bits per heavy atom. The summed E-state index contributed by atoms with van der Waals surface area (Å²) >= 11 is 0. The summed E-state index contributed by atoms with van der Waals surface area (Å²) in [6.45, 7) is 1.99. The van der Waals surface area contributed by atoms with Crippen molar-refractivity contribution in [3.05, 3.63) is 36.4 Å². The predicted octanol–water partition coefficient (Wildman–Crippen LogP) is 5.48. The van der Waals surface area contributed by atoms with Crippen LogP contribution < -0.4 is 15.4 Å². The van der Waals surface area contributed by atoms with Gasteiger partial charge in [-0.2, -0.15) is 0 Å². The first-order chi connectivity index (χ1) is 15.0. The topological polar surface area (TPSA) is 63.5 Å². The first-order valence-electron chi connectivity index (χ1n) is 11.6. The number of amides is 1. The van der Waals surface area contributed by atoms with E-state index in [1.807, 2.05) is 43.3 Å². The van der Waals surface area contributed by atoms with Crippen molar-refractivity contribution in [3.8, 4) is 5.75 Å². The Bertz CT molecular complexity index is 1130. The molecule has 1 heterocycles. The summed E-state index contributed by atoms with van der Waals surface area (Å²) in [7, 11) is 1.64. The molecule has 2 aromatic carbocycles. The Balaban J connectivity index is 1.24. The zero-order valence-electron chi connectivity index (χ0n) is 18.2. The Morgan fingerprint density at radius 1 is 1.03 bits per heavy atom. The minimum Gasteiger partial charge on any atom is -0.495 e. The smallest absolute Gasteiger partial charge is 0.241 e. The highest BCUT2D eigenvalue weighted by Gasteiger charge is 2.51. The Hall–Kier alpha value is -2.53. The van der Waals surface area contributed by atoms with Crippen molar-refractivity contribution in [1.82, 2.24) is 5.32 Å². The molecule has 0 spiro atoms. The van der Waals surface area contributed by atoms with Crippen LogP contribution in [0.2, 0.25) is 0 Å². The van der Waals surface area contributed by atoms with E-state index in [1.165, 1.54) is 38.5 Å². The number of para-hydroxylation sites is 1. The molecule has 31 heavy (non-hydrogen) atoms. The van der Waals surface area contributed by atoms with E-state index in [4.69, 9.17) is 9.15 Å². The molecule has 1 aromatic heterocycles. The molecular weight excluding hydrogens is 388 g/mol. The Labute approximate surface area is 182 Å². The van der Waals surface area contributed by atoms with Gasteiger partial charge in [0.1, 0.15) is 16.9 Å². The molecule has 2 N–H and O–H groups in total. The maximum atomic E-state index is 13.2. The van der Waals surface area contributed by atoms with Gasteiger partial charge in [-0.1, -0.05) is 18.2 Å². The number of rotatable bonds is 5. The third-order valence-electron chi connectivity index (χ3n) is 7.91. The van der Waals surface area contributed by atoms with E-state index in [9.17, 15) is 4.79 Å². The highest BCUT2D eigenvalue weighted by Crippen LogP contribution is 2.55. The summed E-state index contributed by atoms with van der Waals surface area (Å²) in [5.74, 6) is 3.18. The zero-order chi connectivity index (χ0) is 21.2. The molecule has 4 aliphatic rings. The standard InChI is InChI=1S/C26H30N2O3/c1-15(28-26-12-16-7-17(13-26)9-18(8-16)14-26)25(29)27-21-11-23-20(10-24(21)30-2)19-5-3-4-6-22(19)31-23/h3-6,10-11,15-18,28H,7-9,12-14H2,1-2H3,(H,27,29)/t15-,16?,17?,18?,26?/m1/s1. The monoisotopic (exact) mass is 418 g/mol. The number of ether oxygens (including phenoxy) is 1.